The van der Waals surface area contributed by atoms with Crippen molar-refractivity contribution in [2.24, 2.45) is 7.05 Å². The normalized spacial score (nSPS) is 13.7. The van der Waals surface area contributed by atoms with Crippen LogP contribution in [0, 0.1) is 0 Å². The van der Waals surface area contributed by atoms with Gasteiger partial charge in [0, 0.05) is 35.7 Å². The number of hydrogen-bond acceptors (Lipinski definition) is 5. The van der Waals surface area contributed by atoms with Gasteiger partial charge in [-0.2, -0.15) is 0 Å². The summed E-state index contributed by atoms with van der Waals surface area (Å²) in [7, 11) is 1.78. The maximum atomic E-state index is 13.0. The standard InChI is InChI=1S/C20H19N5OS/c1-24-19(26)17-15-4-2-3-5-16(15)27-18(17)23-20(24)22-13-6-8-14(9-7-13)25-11-10-21-12-25/h6-12H,2-5H2,1H3,(H,22,23). The van der Waals surface area contributed by atoms with Gasteiger partial charge in [0.05, 0.1) is 11.7 Å². The van der Waals surface area contributed by atoms with E-state index in [0.717, 1.165) is 40.9 Å². The number of benzene rings is 1. The van der Waals surface area contributed by atoms with Crippen LogP contribution in [0.1, 0.15) is 23.3 Å². The molecule has 0 spiro atoms. The number of imidazole rings is 1. The van der Waals surface area contributed by atoms with Gasteiger partial charge >= 0.3 is 0 Å². The molecule has 3 aromatic heterocycles. The summed E-state index contributed by atoms with van der Waals surface area (Å²) in [5, 5.41) is 4.11. The lowest BCUT2D eigenvalue weighted by atomic mass is 9.97. The second kappa shape index (κ2) is 6.35. The zero-order valence-corrected chi connectivity index (χ0v) is 15.8. The van der Waals surface area contributed by atoms with E-state index in [1.807, 2.05) is 35.0 Å². The molecule has 0 saturated carbocycles. The van der Waals surface area contributed by atoms with E-state index in [2.05, 4.69) is 10.3 Å². The Morgan fingerprint density at radius 3 is 2.74 bits per heavy atom. The number of nitrogens with zero attached hydrogens (tertiary/aromatic N) is 4. The summed E-state index contributed by atoms with van der Waals surface area (Å²) >= 11 is 1.67. The van der Waals surface area contributed by atoms with Gasteiger partial charge in [-0.1, -0.05) is 0 Å². The van der Waals surface area contributed by atoms with Crippen molar-refractivity contribution < 1.29 is 0 Å². The minimum Gasteiger partial charge on any atom is -0.325 e. The van der Waals surface area contributed by atoms with Gasteiger partial charge in [0.15, 0.2) is 0 Å². The Bertz CT molecular complexity index is 1170. The van der Waals surface area contributed by atoms with E-state index in [9.17, 15) is 4.79 Å². The summed E-state index contributed by atoms with van der Waals surface area (Å²) in [5.74, 6) is 0.571. The van der Waals surface area contributed by atoms with E-state index >= 15 is 0 Å². The zero-order valence-electron chi connectivity index (χ0n) is 15.0. The van der Waals surface area contributed by atoms with Crippen LogP contribution >= 0.6 is 11.3 Å². The lowest BCUT2D eigenvalue weighted by Gasteiger charge is -2.12. The van der Waals surface area contributed by atoms with Crippen molar-refractivity contribution in [1.82, 2.24) is 19.1 Å². The molecule has 5 rings (SSSR count). The summed E-state index contributed by atoms with van der Waals surface area (Å²) in [4.78, 5) is 24.0. The first kappa shape index (κ1) is 16.3. The van der Waals surface area contributed by atoms with Crippen molar-refractivity contribution in [3.63, 3.8) is 0 Å². The molecule has 1 aromatic carbocycles. The molecule has 1 N–H and O–H groups in total. The highest BCUT2D eigenvalue weighted by Gasteiger charge is 2.21. The number of rotatable bonds is 3. The highest BCUT2D eigenvalue weighted by Crippen LogP contribution is 2.34. The molecule has 6 nitrogen and oxygen atoms in total. The van der Waals surface area contributed by atoms with Crippen LogP contribution in [-0.2, 0) is 19.9 Å². The van der Waals surface area contributed by atoms with Gasteiger partial charge in [0.1, 0.15) is 4.83 Å². The number of aromatic nitrogens is 4. The summed E-state index contributed by atoms with van der Waals surface area (Å²) in [6.45, 7) is 0. The average Bonchev–Trinajstić information content (AvgIpc) is 3.34. The molecular formula is C20H19N5OS. The number of aryl methyl sites for hydroxylation is 2. The van der Waals surface area contributed by atoms with Gasteiger partial charge in [0.25, 0.3) is 5.56 Å². The molecule has 0 bridgehead atoms. The topological polar surface area (TPSA) is 64.7 Å². The lowest BCUT2D eigenvalue weighted by Crippen LogP contribution is -2.21. The molecule has 7 heteroatoms. The molecule has 0 aliphatic heterocycles. The molecule has 1 aliphatic carbocycles. The number of hydrogen-bond donors (Lipinski definition) is 1. The Hall–Kier alpha value is -2.93. The number of anilines is 2. The lowest BCUT2D eigenvalue weighted by molar-refractivity contribution is 0.699. The van der Waals surface area contributed by atoms with E-state index in [-0.39, 0.29) is 5.56 Å². The van der Waals surface area contributed by atoms with E-state index in [4.69, 9.17) is 4.98 Å². The summed E-state index contributed by atoms with van der Waals surface area (Å²) in [6.07, 6.45) is 9.84. The molecule has 0 amide bonds. The SMILES string of the molecule is Cn1c(Nc2ccc(-n3ccnc3)cc2)nc2sc3c(c2c1=O)CCCC3. The van der Waals surface area contributed by atoms with Crippen molar-refractivity contribution >= 4 is 33.2 Å². The fourth-order valence-corrected chi connectivity index (χ4v) is 4.91. The maximum absolute atomic E-state index is 13.0. The van der Waals surface area contributed by atoms with Crippen molar-refractivity contribution in [2.45, 2.75) is 25.7 Å². The van der Waals surface area contributed by atoms with Crippen molar-refractivity contribution in [3.05, 3.63) is 63.8 Å². The monoisotopic (exact) mass is 377 g/mol. The quantitative estimate of drug-likeness (QED) is 0.590. The second-order valence-electron chi connectivity index (χ2n) is 6.83. The maximum Gasteiger partial charge on any atom is 0.263 e. The minimum atomic E-state index is 0.0388. The summed E-state index contributed by atoms with van der Waals surface area (Å²) in [6, 6.07) is 7.96. The molecular weight excluding hydrogens is 358 g/mol. The van der Waals surface area contributed by atoms with Gasteiger partial charge in [-0.05, 0) is 55.5 Å². The highest BCUT2D eigenvalue weighted by molar-refractivity contribution is 7.18. The smallest absolute Gasteiger partial charge is 0.263 e. The van der Waals surface area contributed by atoms with Gasteiger partial charge in [0.2, 0.25) is 5.95 Å². The molecule has 0 unspecified atom stereocenters. The van der Waals surface area contributed by atoms with E-state index in [1.54, 1.807) is 35.5 Å². The number of fused-ring (bicyclic) bond motifs is 3. The Labute approximate surface area is 160 Å². The first-order chi connectivity index (χ1) is 13.2. The van der Waals surface area contributed by atoms with Crippen LogP contribution in [0.15, 0.2) is 47.8 Å². The van der Waals surface area contributed by atoms with Crippen LogP contribution in [0.2, 0.25) is 0 Å². The molecule has 27 heavy (non-hydrogen) atoms. The van der Waals surface area contributed by atoms with Crippen molar-refractivity contribution in [3.8, 4) is 5.69 Å². The molecule has 0 fully saturated rings. The fraction of sp³-hybridized carbons (Fsp3) is 0.250. The first-order valence-corrected chi connectivity index (χ1v) is 9.89. The Kier molecular flexibility index (Phi) is 3.82. The zero-order chi connectivity index (χ0) is 18.4. The van der Waals surface area contributed by atoms with Crippen molar-refractivity contribution in [2.75, 3.05) is 5.32 Å². The third-order valence-corrected chi connectivity index (χ3v) is 6.31. The molecule has 0 atom stereocenters. The highest BCUT2D eigenvalue weighted by atomic mass is 32.1. The summed E-state index contributed by atoms with van der Waals surface area (Å²) < 4.78 is 3.56. The molecule has 4 aromatic rings. The predicted octanol–water partition coefficient (Wildman–Crippen LogP) is 3.80. The minimum absolute atomic E-state index is 0.0388. The molecule has 136 valence electrons. The van der Waals surface area contributed by atoms with Gasteiger partial charge in [-0.25, -0.2) is 9.97 Å². The van der Waals surface area contributed by atoms with E-state index in [1.165, 1.54) is 16.9 Å². The number of nitrogens with one attached hydrogen (secondary N) is 1. The predicted molar refractivity (Wildman–Crippen MR) is 108 cm³/mol. The van der Waals surface area contributed by atoms with Gasteiger partial charge in [-0.15, -0.1) is 11.3 Å². The Morgan fingerprint density at radius 1 is 1.15 bits per heavy atom. The van der Waals surface area contributed by atoms with E-state index < -0.39 is 0 Å². The van der Waals surface area contributed by atoms with Crippen LogP contribution in [0.5, 0.6) is 0 Å². The largest absolute Gasteiger partial charge is 0.325 e. The molecule has 3 heterocycles. The Balaban J connectivity index is 1.52. The molecule has 0 radical (unpaired) electrons. The molecule has 1 aliphatic rings. The van der Waals surface area contributed by atoms with Crippen LogP contribution in [-0.4, -0.2) is 19.1 Å². The van der Waals surface area contributed by atoms with Gasteiger partial charge < -0.3 is 9.88 Å². The van der Waals surface area contributed by atoms with Crippen LogP contribution in [0.4, 0.5) is 11.6 Å². The fourth-order valence-electron chi connectivity index (χ4n) is 3.66. The van der Waals surface area contributed by atoms with Crippen LogP contribution < -0.4 is 10.9 Å². The third-order valence-electron chi connectivity index (χ3n) is 5.12. The van der Waals surface area contributed by atoms with Crippen molar-refractivity contribution in [1.29, 1.82) is 0 Å². The summed E-state index contributed by atoms with van der Waals surface area (Å²) in [5.41, 5.74) is 3.19. The van der Waals surface area contributed by atoms with Gasteiger partial charge in [-0.3, -0.25) is 9.36 Å². The second-order valence-corrected chi connectivity index (χ2v) is 7.92. The van der Waals surface area contributed by atoms with Crippen LogP contribution in [0.3, 0.4) is 0 Å². The third kappa shape index (κ3) is 2.75. The molecule has 0 saturated heterocycles. The average molecular weight is 377 g/mol. The first-order valence-electron chi connectivity index (χ1n) is 9.07. The Morgan fingerprint density at radius 2 is 1.96 bits per heavy atom. The number of thiophene rings is 1. The van der Waals surface area contributed by atoms with E-state index in [0.29, 0.717) is 5.95 Å². The van der Waals surface area contributed by atoms with Crippen LogP contribution in [0.25, 0.3) is 15.9 Å².